The second-order valence-corrected chi connectivity index (χ2v) is 5.61. The average Bonchev–Trinajstić information content (AvgIpc) is 2.27. The molecule has 0 aromatic rings. The molecule has 0 bridgehead atoms. The molecule has 2 fully saturated rings. The van der Waals surface area contributed by atoms with Crippen LogP contribution in [0.4, 0.5) is 0 Å². The second-order valence-electron chi connectivity index (χ2n) is 5.61. The molecule has 16 heavy (non-hydrogen) atoms. The van der Waals surface area contributed by atoms with Crippen molar-refractivity contribution in [3.05, 3.63) is 0 Å². The number of hydrogen-bond acceptors (Lipinski definition) is 2. The Labute approximate surface area is 100 Å². The molecule has 1 N–H and O–H groups in total. The molecule has 0 aliphatic heterocycles. The molecule has 2 atom stereocenters. The van der Waals surface area contributed by atoms with Crippen molar-refractivity contribution in [1.82, 2.24) is 5.32 Å². The lowest BCUT2D eigenvalue weighted by Crippen LogP contribution is -2.32. The Morgan fingerprint density at radius 3 is 2.56 bits per heavy atom. The average molecular weight is 225 g/mol. The smallest absolute Gasteiger partial charge is 0.0600 e. The van der Waals surface area contributed by atoms with Gasteiger partial charge in [-0.05, 0) is 57.0 Å². The third-order valence-electron chi connectivity index (χ3n) is 4.49. The van der Waals surface area contributed by atoms with Crippen LogP contribution < -0.4 is 5.32 Å². The minimum absolute atomic E-state index is 0.541. The van der Waals surface area contributed by atoms with E-state index in [4.69, 9.17) is 4.74 Å². The summed E-state index contributed by atoms with van der Waals surface area (Å²) in [6.45, 7) is 2.45. The maximum atomic E-state index is 5.59. The lowest BCUT2D eigenvalue weighted by atomic mass is 9.83. The molecule has 0 aromatic carbocycles. The predicted octanol–water partition coefficient (Wildman–Crippen LogP) is 2.97. The van der Waals surface area contributed by atoms with Crippen molar-refractivity contribution >= 4 is 0 Å². The molecular formula is C14H27NO. The van der Waals surface area contributed by atoms with E-state index in [1.165, 1.54) is 64.5 Å². The maximum Gasteiger partial charge on any atom is 0.0600 e. The van der Waals surface area contributed by atoms with Gasteiger partial charge in [-0.25, -0.2) is 0 Å². The molecule has 2 aliphatic rings. The summed E-state index contributed by atoms with van der Waals surface area (Å²) in [6.07, 6.45) is 11.7. The van der Waals surface area contributed by atoms with Gasteiger partial charge in [0.15, 0.2) is 0 Å². The van der Waals surface area contributed by atoms with Gasteiger partial charge in [0.2, 0.25) is 0 Å². The Balaban J connectivity index is 1.56. The Kier molecular flexibility index (Phi) is 5.11. The fourth-order valence-electron chi connectivity index (χ4n) is 3.10. The van der Waals surface area contributed by atoms with Crippen LogP contribution in [0.3, 0.4) is 0 Å². The van der Waals surface area contributed by atoms with E-state index in [0.717, 1.165) is 11.8 Å². The Morgan fingerprint density at radius 2 is 1.88 bits per heavy atom. The van der Waals surface area contributed by atoms with Crippen LogP contribution >= 0.6 is 0 Å². The summed E-state index contributed by atoms with van der Waals surface area (Å²) in [5, 5.41) is 3.62. The van der Waals surface area contributed by atoms with E-state index in [1.54, 1.807) is 0 Å². The Hall–Kier alpha value is -0.0800. The minimum atomic E-state index is 0.541. The monoisotopic (exact) mass is 225 g/mol. The molecule has 0 heterocycles. The van der Waals surface area contributed by atoms with Crippen LogP contribution in [0.1, 0.15) is 51.4 Å². The third-order valence-corrected chi connectivity index (χ3v) is 4.49. The molecule has 0 radical (unpaired) electrons. The van der Waals surface area contributed by atoms with E-state index in [0.29, 0.717) is 6.10 Å². The number of nitrogens with one attached hydrogen (secondary N) is 1. The first kappa shape index (κ1) is 12.4. The van der Waals surface area contributed by atoms with E-state index >= 15 is 0 Å². The SMILES string of the molecule is CO[C@H]1CCCC[C@@H]1CCNCC1CCC1. The zero-order chi connectivity index (χ0) is 11.2. The lowest BCUT2D eigenvalue weighted by Gasteiger charge is -2.31. The number of methoxy groups -OCH3 is 1. The Bertz CT molecular complexity index is 191. The molecule has 2 aliphatic carbocycles. The van der Waals surface area contributed by atoms with Crippen LogP contribution in [0.15, 0.2) is 0 Å². The first-order chi connectivity index (χ1) is 7.90. The zero-order valence-corrected chi connectivity index (χ0v) is 10.7. The topological polar surface area (TPSA) is 21.3 Å². The first-order valence-corrected chi connectivity index (χ1v) is 7.13. The molecule has 2 nitrogen and oxygen atoms in total. The predicted molar refractivity (Wildman–Crippen MR) is 67.6 cm³/mol. The molecule has 0 saturated heterocycles. The molecule has 94 valence electrons. The van der Waals surface area contributed by atoms with Crippen molar-refractivity contribution in [2.75, 3.05) is 20.2 Å². The van der Waals surface area contributed by atoms with Gasteiger partial charge in [0.25, 0.3) is 0 Å². The highest BCUT2D eigenvalue weighted by atomic mass is 16.5. The minimum Gasteiger partial charge on any atom is -0.381 e. The van der Waals surface area contributed by atoms with Gasteiger partial charge in [-0.3, -0.25) is 0 Å². The van der Waals surface area contributed by atoms with Crippen LogP contribution in [0.2, 0.25) is 0 Å². The van der Waals surface area contributed by atoms with Crippen molar-refractivity contribution < 1.29 is 4.74 Å². The van der Waals surface area contributed by atoms with Crippen LogP contribution in [0.5, 0.6) is 0 Å². The summed E-state index contributed by atoms with van der Waals surface area (Å²) in [5.41, 5.74) is 0. The molecule has 0 spiro atoms. The molecule has 2 heteroatoms. The molecule has 0 aromatic heterocycles. The summed E-state index contributed by atoms with van der Waals surface area (Å²) in [7, 11) is 1.88. The van der Waals surface area contributed by atoms with Crippen LogP contribution in [-0.4, -0.2) is 26.3 Å². The molecular weight excluding hydrogens is 198 g/mol. The summed E-state index contributed by atoms with van der Waals surface area (Å²) in [5.74, 6) is 1.80. The van der Waals surface area contributed by atoms with Gasteiger partial charge in [-0.2, -0.15) is 0 Å². The van der Waals surface area contributed by atoms with Crippen molar-refractivity contribution in [2.45, 2.75) is 57.5 Å². The van der Waals surface area contributed by atoms with E-state index in [-0.39, 0.29) is 0 Å². The fourth-order valence-corrected chi connectivity index (χ4v) is 3.10. The van der Waals surface area contributed by atoms with Gasteiger partial charge in [0.1, 0.15) is 0 Å². The maximum absolute atomic E-state index is 5.59. The first-order valence-electron chi connectivity index (χ1n) is 7.13. The van der Waals surface area contributed by atoms with E-state index in [1.807, 2.05) is 7.11 Å². The standard InChI is InChI=1S/C14H27NO/c1-16-14-8-3-2-7-13(14)9-10-15-11-12-5-4-6-12/h12-15H,2-11H2,1H3/t13-,14+/m1/s1. The van der Waals surface area contributed by atoms with Gasteiger partial charge in [0, 0.05) is 7.11 Å². The van der Waals surface area contributed by atoms with E-state index in [9.17, 15) is 0 Å². The van der Waals surface area contributed by atoms with Crippen molar-refractivity contribution in [2.24, 2.45) is 11.8 Å². The highest BCUT2D eigenvalue weighted by molar-refractivity contribution is 4.77. The van der Waals surface area contributed by atoms with Gasteiger partial charge < -0.3 is 10.1 Å². The molecule has 2 saturated carbocycles. The number of hydrogen-bond donors (Lipinski definition) is 1. The van der Waals surface area contributed by atoms with Gasteiger partial charge in [0.05, 0.1) is 6.10 Å². The van der Waals surface area contributed by atoms with Crippen LogP contribution in [-0.2, 0) is 4.74 Å². The molecule has 0 unspecified atom stereocenters. The molecule has 2 rings (SSSR count). The highest BCUT2D eigenvalue weighted by Crippen LogP contribution is 2.29. The highest BCUT2D eigenvalue weighted by Gasteiger charge is 2.24. The zero-order valence-electron chi connectivity index (χ0n) is 10.7. The number of rotatable bonds is 6. The van der Waals surface area contributed by atoms with E-state index < -0.39 is 0 Å². The van der Waals surface area contributed by atoms with Crippen molar-refractivity contribution in [3.8, 4) is 0 Å². The van der Waals surface area contributed by atoms with Crippen molar-refractivity contribution in [3.63, 3.8) is 0 Å². The fraction of sp³-hybridized carbons (Fsp3) is 1.00. The normalized spacial score (nSPS) is 31.3. The molecule has 0 amide bonds. The van der Waals surface area contributed by atoms with Gasteiger partial charge >= 0.3 is 0 Å². The van der Waals surface area contributed by atoms with Gasteiger partial charge in [-0.15, -0.1) is 0 Å². The summed E-state index contributed by atoms with van der Waals surface area (Å²) < 4.78 is 5.59. The van der Waals surface area contributed by atoms with Crippen molar-refractivity contribution in [1.29, 1.82) is 0 Å². The van der Waals surface area contributed by atoms with Crippen LogP contribution in [0.25, 0.3) is 0 Å². The second kappa shape index (κ2) is 6.61. The quantitative estimate of drug-likeness (QED) is 0.702. The summed E-state index contributed by atoms with van der Waals surface area (Å²) in [4.78, 5) is 0. The third kappa shape index (κ3) is 3.46. The van der Waals surface area contributed by atoms with Crippen LogP contribution in [0, 0.1) is 11.8 Å². The largest absolute Gasteiger partial charge is 0.381 e. The van der Waals surface area contributed by atoms with E-state index in [2.05, 4.69) is 5.32 Å². The summed E-state index contributed by atoms with van der Waals surface area (Å²) in [6, 6.07) is 0. The Morgan fingerprint density at radius 1 is 1.06 bits per heavy atom. The lowest BCUT2D eigenvalue weighted by molar-refractivity contribution is 0.0204. The van der Waals surface area contributed by atoms with Gasteiger partial charge in [-0.1, -0.05) is 19.3 Å². The summed E-state index contributed by atoms with van der Waals surface area (Å²) >= 11 is 0. The number of ether oxygens (including phenoxy) is 1.